The zero-order valence-corrected chi connectivity index (χ0v) is 26.5. The molecule has 0 saturated carbocycles. The molecule has 3 aromatic carbocycles. The summed E-state index contributed by atoms with van der Waals surface area (Å²) in [4.78, 5) is 31.5. The number of hydrogen-bond acceptors (Lipinski definition) is 9. The van der Waals surface area contributed by atoms with Crippen LogP contribution in [0, 0.1) is 5.82 Å². The number of morpholine rings is 1. The first-order chi connectivity index (χ1) is 22.4. The Hall–Kier alpha value is -4.68. The number of hydrazone groups is 1. The van der Waals surface area contributed by atoms with Gasteiger partial charge in [-0.3, -0.25) is 14.5 Å². The van der Waals surface area contributed by atoms with Crippen LogP contribution in [-0.2, 0) is 9.53 Å². The number of amides is 2. The molecule has 0 aliphatic carbocycles. The summed E-state index contributed by atoms with van der Waals surface area (Å²) in [7, 11) is 6.23. The molecule has 5 rings (SSSR count). The summed E-state index contributed by atoms with van der Waals surface area (Å²) < 4.78 is 42.2. The van der Waals surface area contributed by atoms with Gasteiger partial charge in [-0.25, -0.2) is 9.40 Å². The van der Waals surface area contributed by atoms with Crippen molar-refractivity contribution in [2.45, 2.75) is 12.5 Å². The Bertz CT molecular complexity index is 1580. The van der Waals surface area contributed by atoms with Crippen LogP contribution in [0.1, 0.15) is 33.9 Å². The van der Waals surface area contributed by atoms with Gasteiger partial charge in [-0.05, 0) is 42.0 Å². The van der Waals surface area contributed by atoms with Crippen LogP contribution in [0.3, 0.4) is 0 Å². The summed E-state index contributed by atoms with van der Waals surface area (Å²) in [5.41, 5.74) is 1.99. The van der Waals surface area contributed by atoms with Gasteiger partial charge in [0.15, 0.2) is 11.5 Å². The predicted molar refractivity (Wildman–Crippen MR) is 169 cm³/mol. The third-order valence-electron chi connectivity index (χ3n) is 8.19. The standard InChI is InChI=1S/C34H39FN4O7/c1-42-24-10-11-26(31(20-24)44-3)28-21-29(23-9-12-30(43-2)32(19-23)45-4)39(36-28)33(40)22-38(14-13-37-15-17-46-18-16-37)34(41)25-7-5-6-8-27(25)35/h5-12,19-20,29H,13-18,21-22H2,1-4H3/t29-/m1/s1. The second kappa shape index (κ2) is 15.1. The van der Waals surface area contributed by atoms with E-state index in [4.69, 9.17) is 28.8 Å². The van der Waals surface area contributed by atoms with E-state index in [1.54, 1.807) is 52.7 Å². The van der Waals surface area contributed by atoms with Crippen LogP contribution in [0.5, 0.6) is 23.0 Å². The van der Waals surface area contributed by atoms with Crippen molar-refractivity contribution >= 4 is 17.5 Å². The van der Waals surface area contributed by atoms with E-state index < -0.39 is 23.7 Å². The Morgan fingerprint density at radius 2 is 1.65 bits per heavy atom. The molecule has 2 aliphatic heterocycles. The van der Waals surface area contributed by atoms with Crippen LogP contribution in [0.4, 0.5) is 4.39 Å². The number of carbonyl (C=O) groups excluding carboxylic acids is 2. The molecular formula is C34H39FN4O7. The van der Waals surface area contributed by atoms with Gasteiger partial charge in [0.2, 0.25) is 0 Å². The molecule has 11 nitrogen and oxygen atoms in total. The van der Waals surface area contributed by atoms with Gasteiger partial charge in [0.25, 0.3) is 11.8 Å². The Morgan fingerprint density at radius 1 is 0.913 bits per heavy atom. The first-order valence-electron chi connectivity index (χ1n) is 15.0. The van der Waals surface area contributed by atoms with Gasteiger partial charge in [-0.1, -0.05) is 18.2 Å². The molecule has 0 spiro atoms. The Kier molecular flexibility index (Phi) is 10.7. The SMILES string of the molecule is COc1ccc(C2=NN(C(=O)CN(CCN3CCOCC3)C(=O)c3ccccc3F)[C@@H](c3ccc(OC)c(OC)c3)C2)c(OC)c1. The van der Waals surface area contributed by atoms with E-state index in [0.717, 1.165) is 5.56 Å². The van der Waals surface area contributed by atoms with E-state index in [2.05, 4.69) is 4.90 Å². The summed E-state index contributed by atoms with van der Waals surface area (Å²) in [5.74, 6) is 0.574. The average molecular weight is 635 g/mol. The molecule has 3 aromatic rings. The average Bonchev–Trinajstić information content (AvgIpc) is 3.55. The second-order valence-electron chi connectivity index (χ2n) is 10.8. The molecule has 0 unspecified atom stereocenters. The van der Waals surface area contributed by atoms with Crippen LogP contribution in [-0.4, -0.2) is 107 Å². The molecule has 0 N–H and O–H groups in total. The van der Waals surface area contributed by atoms with Gasteiger partial charge >= 0.3 is 0 Å². The monoisotopic (exact) mass is 634 g/mol. The van der Waals surface area contributed by atoms with Crippen LogP contribution < -0.4 is 18.9 Å². The van der Waals surface area contributed by atoms with Gasteiger partial charge < -0.3 is 28.6 Å². The first-order valence-corrected chi connectivity index (χ1v) is 15.0. The van der Waals surface area contributed by atoms with Crippen LogP contribution in [0.15, 0.2) is 65.8 Å². The minimum Gasteiger partial charge on any atom is -0.497 e. The van der Waals surface area contributed by atoms with E-state index in [1.807, 2.05) is 18.2 Å². The molecule has 0 bridgehead atoms. The van der Waals surface area contributed by atoms with Crippen molar-refractivity contribution in [2.75, 3.05) is 74.4 Å². The fraction of sp³-hybridized carbons (Fsp3) is 0.382. The zero-order chi connectivity index (χ0) is 32.6. The number of benzene rings is 3. The highest BCUT2D eigenvalue weighted by Gasteiger charge is 2.36. The molecule has 2 aliphatic rings. The van der Waals surface area contributed by atoms with Gasteiger partial charge in [-0.2, -0.15) is 5.10 Å². The van der Waals surface area contributed by atoms with E-state index in [0.29, 0.717) is 73.5 Å². The van der Waals surface area contributed by atoms with Crippen molar-refractivity contribution < 1.29 is 37.7 Å². The Balaban J connectivity index is 1.49. The molecule has 1 fully saturated rings. The fourth-order valence-corrected chi connectivity index (χ4v) is 5.64. The number of halogens is 1. The maximum absolute atomic E-state index is 14.8. The summed E-state index contributed by atoms with van der Waals surface area (Å²) in [6, 6.07) is 16.1. The molecule has 0 aromatic heterocycles. The molecule has 1 atom stereocenters. The van der Waals surface area contributed by atoms with Crippen LogP contribution >= 0.6 is 0 Å². The normalized spacial score (nSPS) is 16.5. The minimum atomic E-state index is -0.646. The van der Waals surface area contributed by atoms with Gasteiger partial charge in [0.05, 0.1) is 59.0 Å². The lowest BCUT2D eigenvalue weighted by Gasteiger charge is -2.31. The lowest BCUT2D eigenvalue weighted by atomic mass is 9.97. The van der Waals surface area contributed by atoms with Gasteiger partial charge in [0.1, 0.15) is 23.9 Å². The highest BCUT2D eigenvalue weighted by atomic mass is 19.1. The van der Waals surface area contributed by atoms with E-state index >= 15 is 0 Å². The largest absolute Gasteiger partial charge is 0.497 e. The molecule has 244 valence electrons. The van der Waals surface area contributed by atoms with Crippen LogP contribution in [0.25, 0.3) is 0 Å². The van der Waals surface area contributed by atoms with Gasteiger partial charge in [0, 0.05) is 44.2 Å². The molecule has 12 heteroatoms. The zero-order valence-electron chi connectivity index (χ0n) is 26.5. The first kappa shape index (κ1) is 32.7. The topological polar surface area (TPSA) is 102 Å². The molecule has 0 radical (unpaired) electrons. The third kappa shape index (κ3) is 7.24. The second-order valence-corrected chi connectivity index (χ2v) is 10.8. The van der Waals surface area contributed by atoms with E-state index in [-0.39, 0.29) is 18.7 Å². The van der Waals surface area contributed by atoms with Crippen LogP contribution in [0.2, 0.25) is 0 Å². The highest BCUT2D eigenvalue weighted by molar-refractivity contribution is 6.05. The number of carbonyl (C=O) groups is 2. The van der Waals surface area contributed by atoms with Crippen molar-refractivity contribution in [3.8, 4) is 23.0 Å². The third-order valence-corrected chi connectivity index (χ3v) is 8.19. The Morgan fingerprint density at radius 3 is 2.35 bits per heavy atom. The predicted octanol–water partition coefficient (Wildman–Crippen LogP) is 4.01. The number of hydrogen-bond donors (Lipinski definition) is 0. The summed E-state index contributed by atoms with van der Waals surface area (Å²) in [6.07, 6.45) is 0.360. The van der Waals surface area contributed by atoms with Crippen molar-refractivity contribution in [1.29, 1.82) is 0 Å². The smallest absolute Gasteiger partial charge is 0.262 e. The van der Waals surface area contributed by atoms with Crippen molar-refractivity contribution in [2.24, 2.45) is 5.10 Å². The van der Waals surface area contributed by atoms with Crippen molar-refractivity contribution in [1.82, 2.24) is 14.8 Å². The van der Waals surface area contributed by atoms with Crippen molar-refractivity contribution in [3.05, 3.63) is 83.2 Å². The molecular weight excluding hydrogens is 595 g/mol. The molecule has 46 heavy (non-hydrogen) atoms. The highest BCUT2D eigenvalue weighted by Crippen LogP contribution is 2.39. The number of methoxy groups -OCH3 is 4. The number of rotatable bonds is 12. The minimum absolute atomic E-state index is 0.0951. The fourth-order valence-electron chi connectivity index (χ4n) is 5.64. The van der Waals surface area contributed by atoms with E-state index in [9.17, 15) is 14.0 Å². The summed E-state index contributed by atoms with van der Waals surface area (Å²) >= 11 is 0. The number of ether oxygens (including phenoxy) is 5. The summed E-state index contributed by atoms with van der Waals surface area (Å²) in [6.45, 7) is 3.02. The number of nitrogens with zero attached hydrogens (tertiary/aromatic N) is 4. The molecule has 2 heterocycles. The lowest BCUT2D eigenvalue weighted by molar-refractivity contribution is -0.133. The lowest BCUT2D eigenvalue weighted by Crippen LogP contribution is -2.46. The van der Waals surface area contributed by atoms with Crippen molar-refractivity contribution in [3.63, 3.8) is 0 Å². The maximum Gasteiger partial charge on any atom is 0.262 e. The van der Waals surface area contributed by atoms with Gasteiger partial charge in [-0.15, -0.1) is 0 Å². The molecule has 2 amide bonds. The Labute approximate surface area is 268 Å². The maximum atomic E-state index is 14.8. The quantitative estimate of drug-likeness (QED) is 0.295. The van der Waals surface area contributed by atoms with E-state index in [1.165, 1.54) is 28.1 Å². The molecule has 1 saturated heterocycles. The summed E-state index contributed by atoms with van der Waals surface area (Å²) in [5, 5.41) is 6.20.